The van der Waals surface area contributed by atoms with Gasteiger partial charge < -0.3 is 5.32 Å². The quantitative estimate of drug-likeness (QED) is 0.864. The SMILES string of the molecule is O=C(CBr)Nc1nc2cc(F)ccc2s1. The number of nitrogens with one attached hydrogen (secondary N) is 1. The smallest absolute Gasteiger partial charge is 0.236 e. The molecule has 0 atom stereocenters. The van der Waals surface area contributed by atoms with Gasteiger partial charge in [0.25, 0.3) is 0 Å². The molecule has 0 fully saturated rings. The fraction of sp³-hybridized carbons (Fsp3) is 0.111. The maximum Gasteiger partial charge on any atom is 0.236 e. The van der Waals surface area contributed by atoms with Gasteiger partial charge in [0, 0.05) is 6.07 Å². The molecule has 15 heavy (non-hydrogen) atoms. The molecule has 0 aliphatic heterocycles. The number of carbonyl (C=O) groups excluding carboxylic acids is 1. The number of hydrogen-bond donors (Lipinski definition) is 1. The molecule has 1 heterocycles. The topological polar surface area (TPSA) is 42.0 Å². The highest BCUT2D eigenvalue weighted by Gasteiger charge is 2.06. The molecule has 3 nitrogen and oxygen atoms in total. The number of anilines is 1. The number of aromatic nitrogens is 1. The number of amides is 1. The predicted molar refractivity (Wildman–Crippen MR) is 62.0 cm³/mol. The molecule has 78 valence electrons. The lowest BCUT2D eigenvalue weighted by Crippen LogP contribution is -2.11. The van der Waals surface area contributed by atoms with E-state index in [0.717, 1.165) is 4.70 Å². The Balaban J connectivity index is 2.34. The Morgan fingerprint density at radius 1 is 1.60 bits per heavy atom. The minimum Gasteiger partial charge on any atom is -0.301 e. The number of alkyl halides is 1. The standard InChI is InChI=1S/C9H6BrFN2OS/c10-4-8(14)13-9-12-6-3-5(11)1-2-7(6)15-9/h1-3H,4H2,(H,12,13,14). The first-order valence-electron chi connectivity index (χ1n) is 4.11. The first-order valence-corrected chi connectivity index (χ1v) is 6.05. The van der Waals surface area contributed by atoms with Crippen LogP contribution in [-0.2, 0) is 4.79 Å². The van der Waals surface area contributed by atoms with Gasteiger partial charge in [-0.1, -0.05) is 27.3 Å². The molecule has 0 radical (unpaired) electrons. The average molecular weight is 289 g/mol. The molecule has 2 aromatic rings. The maximum absolute atomic E-state index is 12.8. The number of halogens is 2. The lowest BCUT2D eigenvalue weighted by atomic mass is 10.3. The van der Waals surface area contributed by atoms with E-state index in [0.29, 0.717) is 10.6 Å². The number of benzene rings is 1. The third-order valence-electron chi connectivity index (χ3n) is 1.72. The largest absolute Gasteiger partial charge is 0.301 e. The molecule has 2 rings (SSSR count). The van der Waals surface area contributed by atoms with E-state index in [1.807, 2.05) is 0 Å². The van der Waals surface area contributed by atoms with Crippen LogP contribution in [-0.4, -0.2) is 16.2 Å². The fourth-order valence-corrected chi connectivity index (χ4v) is 2.11. The van der Waals surface area contributed by atoms with Gasteiger partial charge >= 0.3 is 0 Å². The van der Waals surface area contributed by atoms with Crippen LogP contribution in [0.2, 0.25) is 0 Å². The first kappa shape index (κ1) is 10.5. The minimum absolute atomic E-state index is 0.172. The van der Waals surface area contributed by atoms with Gasteiger partial charge in [-0.15, -0.1) is 0 Å². The van der Waals surface area contributed by atoms with Crippen LogP contribution in [0.5, 0.6) is 0 Å². The number of nitrogens with zero attached hydrogens (tertiary/aromatic N) is 1. The summed E-state index contributed by atoms with van der Waals surface area (Å²) in [6, 6.07) is 4.36. The molecule has 0 unspecified atom stereocenters. The van der Waals surface area contributed by atoms with E-state index in [1.54, 1.807) is 6.07 Å². The molecule has 0 aliphatic rings. The Hall–Kier alpha value is -1.01. The lowest BCUT2D eigenvalue weighted by molar-refractivity contribution is -0.113. The van der Waals surface area contributed by atoms with E-state index in [-0.39, 0.29) is 17.1 Å². The zero-order valence-corrected chi connectivity index (χ0v) is 9.86. The van der Waals surface area contributed by atoms with E-state index in [4.69, 9.17) is 0 Å². The Labute approximate surface area is 97.4 Å². The third-order valence-corrected chi connectivity index (χ3v) is 3.18. The molecule has 1 aromatic carbocycles. The number of hydrogen-bond acceptors (Lipinski definition) is 3. The summed E-state index contributed by atoms with van der Waals surface area (Å²) < 4.78 is 13.7. The molecule has 0 spiro atoms. The highest BCUT2D eigenvalue weighted by atomic mass is 79.9. The summed E-state index contributed by atoms with van der Waals surface area (Å²) >= 11 is 4.35. The average Bonchev–Trinajstić information content (AvgIpc) is 2.59. The van der Waals surface area contributed by atoms with E-state index in [1.165, 1.54) is 23.5 Å². The van der Waals surface area contributed by atoms with Gasteiger partial charge in [-0.2, -0.15) is 0 Å². The van der Waals surface area contributed by atoms with Gasteiger partial charge in [0.2, 0.25) is 5.91 Å². The Morgan fingerprint density at radius 3 is 3.13 bits per heavy atom. The number of fused-ring (bicyclic) bond motifs is 1. The lowest BCUT2D eigenvalue weighted by Gasteiger charge is -1.94. The van der Waals surface area contributed by atoms with E-state index >= 15 is 0 Å². The van der Waals surface area contributed by atoms with Gasteiger partial charge in [0.15, 0.2) is 5.13 Å². The third kappa shape index (κ3) is 2.32. The molecule has 1 N–H and O–H groups in total. The van der Waals surface area contributed by atoms with Crippen molar-refractivity contribution >= 4 is 48.5 Å². The van der Waals surface area contributed by atoms with Crippen molar-refractivity contribution in [2.75, 3.05) is 10.6 Å². The van der Waals surface area contributed by atoms with E-state index in [2.05, 4.69) is 26.2 Å². The van der Waals surface area contributed by atoms with Crippen molar-refractivity contribution in [1.29, 1.82) is 0 Å². The normalized spacial score (nSPS) is 10.5. The summed E-state index contributed by atoms with van der Waals surface area (Å²) in [5.74, 6) is -0.499. The van der Waals surface area contributed by atoms with Crippen molar-refractivity contribution < 1.29 is 9.18 Å². The van der Waals surface area contributed by atoms with Crippen LogP contribution in [0.25, 0.3) is 10.2 Å². The van der Waals surface area contributed by atoms with Gasteiger partial charge in [-0.3, -0.25) is 4.79 Å². The molecule has 0 aliphatic carbocycles. The zero-order chi connectivity index (χ0) is 10.8. The first-order chi connectivity index (χ1) is 7.19. The second-order valence-electron chi connectivity index (χ2n) is 2.81. The van der Waals surface area contributed by atoms with Crippen molar-refractivity contribution in [2.24, 2.45) is 0 Å². The number of carbonyl (C=O) groups is 1. The van der Waals surface area contributed by atoms with Crippen LogP contribution in [0.3, 0.4) is 0 Å². The summed E-state index contributed by atoms with van der Waals surface area (Å²) in [6.07, 6.45) is 0. The molecule has 0 bridgehead atoms. The molecular formula is C9H6BrFN2OS. The van der Waals surface area contributed by atoms with Crippen LogP contribution < -0.4 is 5.32 Å². The molecular weight excluding hydrogens is 283 g/mol. The Morgan fingerprint density at radius 2 is 2.40 bits per heavy atom. The van der Waals surface area contributed by atoms with Gasteiger partial charge in [0.05, 0.1) is 15.5 Å². The summed E-state index contributed by atoms with van der Waals surface area (Å²) in [5, 5.41) is 3.31. The van der Waals surface area contributed by atoms with Crippen molar-refractivity contribution in [3.8, 4) is 0 Å². The number of rotatable bonds is 2. The van der Waals surface area contributed by atoms with Crippen LogP contribution in [0.1, 0.15) is 0 Å². The highest BCUT2D eigenvalue weighted by Crippen LogP contribution is 2.26. The van der Waals surface area contributed by atoms with Crippen LogP contribution >= 0.6 is 27.3 Å². The Kier molecular flexibility index (Phi) is 2.97. The summed E-state index contributed by atoms with van der Waals surface area (Å²) in [5.41, 5.74) is 0.560. The van der Waals surface area contributed by atoms with Crippen molar-refractivity contribution in [2.45, 2.75) is 0 Å². The van der Waals surface area contributed by atoms with Crippen LogP contribution in [0.15, 0.2) is 18.2 Å². The fourth-order valence-electron chi connectivity index (χ4n) is 1.11. The second-order valence-corrected chi connectivity index (χ2v) is 4.40. The van der Waals surface area contributed by atoms with Crippen molar-refractivity contribution in [3.63, 3.8) is 0 Å². The zero-order valence-electron chi connectivity index (χ0n) is 7.46. The van der Waals surface area contributed by atoms with E-state index in [9.17, 15) is 9.18 Å². The minimum atomic E-state index is -0.328. The molecule has 0 saturated carbocycles. The number of thiazole rings is 1. The summed E-state index contributed by atoms with van der Waals surface area (Å²) in [7, 11) is 0. The van der Waals surface area contributed by atoms with Gasteiger partial charge in [-0.25, -0.2) is 9.37 Å². The van der Waals surface area contributed by atoms with Crippen LogP contribution in [0.4, 0.5) is 9.52 Å². The predicted octanol–water partition coefficient (Wildman–Crippen LogP) is 2.77. The van der Waals surface area contributed by atoms with Crippen molar-refractivity contribution in [1.82, 2.24) is 4.98 Å². The molecule has 6 heteroatoms. The monoisotopic (exact) mass is 288 g/mol. The van der Waals surface area contributed by atoms with Crippen LogP contribution in [0, 0.1) is 5.82 Å². The summed E-state index contributed by atoms with van der Waals surface area (Å²) in [4.78, 5) is 15.1. The van der Waals surface area contributed by atoms with Gasteiger partial charge in [0.1, 0.15) is 5.82 Å². The van der Waals surface area contributed by atoms with Crippen molar-refractivity contribution in [3.05, 3.63) is 24.0 Å². The molecule has 1 aromatic heterocycles. The maximum atomic E-state index is 12.8. The highest BCUT2D eigenvalue weighted by molar-refractivity contribution is 9.09. The molecule has 0 saturated heterocycles. The van der Waals surface area contributed by atoms with Gasteiger partial charge in [-0.05, 0) is 12.1 Å². The van der Waals surface area contributed by atoms with E-state index < -0.39 is 0 Å². The second kappa shape index (κ2) is 4.24. The summed E-state index contributed by atoms with van der Waals surface area (Å²) in [6.45, 7) is 0. The molecule has 1 amide bonds. The Bertz CT molecular complexity index is 514.